The van der Waals surface area contributed by atoms with Gasteiger partial charge in [0, 0.05) is 0 Å². The smallest absolute Gasteiger partial charge is 0.329 e. The molecule has 1 fully saturated rings. The van der Waals surface area contributed by atoms with Gasteiger partial charge in [0.05, 0.1) is 12.8 Å². The molecule has 1 atom stereocenters. The largest absolute Gasteiger partial charge is 0.489 e. The Labute approximate surface area is 266 Å². The number of nitrogens with one attached hydrogen (secondary N) is 1. The molecule has 45 heavy (non-hydrogen) atoms. The van der Waals surface area contributed by atoms with Gasteiger partial charge in [-0.1, -0.05) is 92.4 Å². The summed E-state index contributed by atoms with van der Waals surface area (Å²) in [5.41, 5.74) is 4.11. The van der Waals surface area contributed by atoms with Gasteiger partial charge in [-0.15, -0.1) is 0 Å². The fourth-order valence-electron chi connectivity index (χ4n) is 4.89. The van der Waals surface area contributed by atoms with Crippen LogP contribution in [0.4, 0.5) is 0 Å². The third-order valence-corrected chi connectivity index (χ3v) is 8.19. The Morgan fingerprint density at radius 1 is 0.933 bits per heavy atom. The van der Waals surface area contributed by atoms with Gasteiger partial charge in [-0.05, 0) is 79.0 Å². The van der Waals surface area contributed by atoms with Crippen LogP contribution < -0.4 is 10.1 Å². The van der Waals surface area contributed by atoms with E-state index in [0.29, 0.717) is 23.3 Å². The highest BCUT2D eigenvalue weighted by Crippen LogP contribution is 2.47. The highest BCUT2D eigenvalue weighted by atomic mass is 16.6. The van der Waals surface area contributed by atoms with Crippen LogP contribution in [0.15, 0.2) is 103 Å². The molecule has 0 heterocycles. The van der Waals surface area contributed by atoms with Gasteiger partial charge in [0.25, 0.3) is 0 Å². The molecule has 0 radical (unpaired) electrons. The van der Waals surface area contributed by atoms with Crippen LogP contribution in [0, 0.1) is 0 Å². The van der Waals surface area contributed by atoms with Gasteiger partial charge in [0.2, 0.25) is 5.91 Å². The predicted octanol–water partition coefficient (Wildman–Crippen LogP) is 7.24. The van der Waals surface area contributed by atoms with Crippen molar-refractivity contribution in [3.63, 3.8) is 0 Å². The molecule has 0 bridgehead atoms. The van der Waals surface area contributed by atoms with Crippen molar-refractivity contribution in [2.75, 3.05) is 0 Å². The van der Waals surface area contributed by atoms with E-state index in [2.05, 4.69) is 43.1 Å². The SMILES string of the molecule is C=CC(=CC)CC(=O)N[C@H](CC(=O)OC(C)(C)c1ccccc1)C(=O)OCc1ccc(OCc2ccc(C3(C)CC3)cc2)cc1. The number of amides is 1. The van der Waals surface area contributed by atoms with E-state index in [1.165, 1.54) is 18.4 Å². The Bertz CT molecular complexity index is 1500. The van der Waals surface area contributed by atoms with E-state index in [1.54, 1.807) is 32.9 Å². The van der Waals surface area contributed by atoms with Crippen LogP contribution in [0.1, 0.15) is 75.6 Å². The average molecular weight is 610 g/mol. The quantitative estimate of drug-likeness (QED) is 0.144. The summed E-state index contributed by atoms with van der Waals surface area (Å²) in [6.45, 7) is 11.7. The molecule has 1 aliphatic rings. The normalized spacial score (nSPS) is 14.5. The van der Waals surface area contributed by atoms with Crippen molar-refractivity contribution in [1.82, 2.24) is 5.32 Å². The summed E-state index contributed by atoms with van der Waals surface area (Å²) >= 11 is 0. The maximum absolute atomic E-state index is 13.2. The summed E-state index contributed by atoms with van der Waals surface area (Å²) in [5, 5.41) is 2.64. The van der Waals surface area contributed by atoms with E-state index in [1.807, 2.05) is 54.6 Å². The number of rotatable bonds is 15. The summed E-state index contributed by atoms with van der Waals surface area (Å²) in [4.78, 5) is 38.9. The van der Waals surface area contributed by atoms with Gasteiger partial charge in [0.15, 0.2) is 0 Å². The Morgan fingerprint density at radius 3 is 2.16 bits per heavy atom. The molecule has 3 aromatic carbocycles. The second-order valence-corrected chi connectivity index (χ2v) is 12.2. The van der Waals surface area contributed by atoms with Crippen LogP contribution in [0.5, 0.6) is 5.75 Å². The number of carbonyl (C=O) groups excluding carboxylic acids is 3. The van der Waals surface area contributed by atoms with E-state index in [-0.39, 0.29) is 19.4 Å². The molecule has 0 unspecified atom stereocenters. The molecular formula is C38H43NO6. The molecule has 1 amide bonds. The summed E-state index contributed by atoms with van der Waals surface area (Å²) < 4.78 is 17.2. The summed E-state index contributed by atoms with van der Waals surface area (Å²) in [6.07, 6.45) is 5.45. The lowest BCUT2D eigenvalue weighted by atomic mass is 9.97. The molecule has 236 valence electrons. The minimum Gasteiger partial charge on any atom is -0.489 e. The molecule has 0 saturated heterocycles. The van der Waals surface area contributed by atoms with Crippen LogP contribution in [0.25, 0.3) is 0 Å². The van der Waals surface area contributed by atoms with E-state index in [0.717, 1.165) is 16.7 Å². The maximum atomic E-state index is 13.2. The molecule has 7 nitrogen and oxygen atoms in total. The maximum Gasteiger partial charge on any atom is 0.329 e. The predicted molar refractivity (Wildman–Crippen MR) is 174 cm³/mol. The Balaban J connectivity index is 1.33. The number of hydrogen-bond donors (Lipinski definition) is 1. The van der Waals surface area contributed by atoms with Crippen LogP contribution in [0.3, 0.4) is 0 Å². The number of carbonyl (C=O) groups is 3. The van der Waals surface area contributed by atoms with Crippen molar-refractivity contribution < 1.29 is 28.6 Å². The van der Waals surface area contributed by atoms with Crippen LogP contribution in [-0.2, 0) is 48.1 Å². The van der Waals surface area contributed by atoms with Crippen molar-refractivity contribution in [2.45, 2.75) is 83.6 Å². The van der Waals surface area contributed by atoms with Crippen molar-refractivity contribution in [3.05, 3.63) is 125 Å². The Hall–Kier alpha value is -4.65. The Morgan fingerprint density at radius 2 is 1.56 bits per heavy atom. The lowest BCUT2D eigenvalue weighted by Crippen LogP contribution is -2.44. The molecule has 1 N–H and O–H groups in total. The summed E-state index contributed by atoms with van der Waals surface area (Å²) in [7, 11) is 0. The second kappa shape index (κ2) is 14.9. The van der Waals surface area contributed by atoms with E-state index in [4.69, 9.17) is 14.2 Å². The van der Waals surface area contributed by atoms with Crippen molar-refractivity contribution in [2.24, 2.45) is 0 Å². The Kier molecular flexibility index (Phi) is 11.0. The van der Waals surface area contributed by atoms with Crippen LogP contribution in [-0.4, -0.2) is 23.9 Å². The van der Waals surface area contributed by atoms with E-state index in [9.17, 15) is 14.4 Å². The first-order valence-electron chi connectivity index (χ1n) is 15.3. The minimum atomic E-state index is -1.23. The third kappa shape index (κ3) is 9.67. The van der Waals surface area contributed by atoms with Crippen LogP contribution in [0.2, 0.25) is 0 Å². The summed E-state index contributed by atoms with van der Waals surface area (Å²) in [5.74, 6) is -1.11. The second-order valence-electron chi connectivity index (χ2n) is 12.2. The molecule has 1 aliphatic carbocycles. The average Bonchev–Trinajstić information content (AvgIpc) is 3.80. The van der Waals surface area contributed by atoms with Gasteiger partial charge in [-0.3, -0.25) is 9.59 Å². The zero-order valence-corrected chi connectivity index (χ0v) is 26.6. The van der Waals surface area contributed by atoms with Gasteiger partial charge in [-0.25, -0.2) is 4.79 Å². The van der Waals surface area contributed by atoms with Gasteiger partial charge < -0.3 is 19.5 Å². The van der Waals surface area contributed by atoms with Crippen molar-refractivity contribution in [1.29, 1.82) is 0 Å². The lowest BCUT2D eigenvalue weighted by molar-refractivity contribution is -0.162. The molecule has 0 spiro atoms. The van der Waals surface area contributed by atoms with Gasteiger partial charge in [0.1, 0.15) is 30.6 Å². The lowest BCUT2D eigenvalue weighted by Gasteiger charge is -2.27. The van der Waals surface area contributed by atoms with Gasteiger partial charge >= 0.3 is 11.9 Å². The number of benzene rings is 3. The fourth-order valence-corrected chi connectivity index (χ4v) is 4.89. The van der Waals surface area contributed by atoms with Crippen LogP contribution >= 0.6 is 0 Å². The highest BCUT2D eigenvalue weighted by molar-refractivity contribution is 5.89. The zero-order chi connectivity index (χ0) is 32.5. The molecule has 3 aromatic rings. The molecule has 0 aliphatic heterocycles. The monoisotopic (exact) mass is 609 g/mol. The number of allylic oxidation sites excluding steroid dienone is 2. The standard InChI is InChI=1S/C38H43NO6/c1-6-27(7-2)23-34(40)39-33(24-35(41)45-37(3,4)30-11-9-8-10-12-30)36(42)44-26-29-15-19-32(20-16-29)43-25-28-13-17-31(18-14-28)38(5)21-22-38/h6-20,33H,1,21-26H2,2-5H3,(H,39,40)/t33-/m1/s1. The van der Waals surface area contributed by atoms with Gasteiger partial charge in [-0.2, -0.15) is 0 Å². The number of esters is 2. The number of hydrogen-bond acceptors (Lipinski definition) is 6. The molecule has 0 aromatic heterocycles. The first-order valence-corrected chi connectivity index (χ1v) is 15.3. The summed E-state index contributed by atoms with van der Waals surface area (Å²) in [6, 6.07) is 23.9. The zero-order valence-electron chi connectivity index (χ0n) is 26.6. The van der Waals surface area contributed by atoms with E-state index < -0.39 is 29.5 Å². The van der Waals surface area contributed by atoms with Crippen molar-refractivity contribution >= 4 is 17.8 Å². The fraction of sp³-hybridized carbons (Fsp3) is 0.342. The third-order valence-electron chi connectivity index (χ3n) is 8.19. The molecular weight excluding hydrogens is 566 g/mol. The minimum absolute atomic E-state index is 0.0132. The first kappa shape index (κ1) is 33.2. The van der Waals surface area contributed by atoms with Crippen molar-refractivity contribution in [3.8, 4) is 5.75 Å². The topological polar surface area (TPSA) is 90.9 Å². The number of ether oxygens (including phenoxy) is 3. The first-order chi connectivity index (χ1) is 21.5. The molecule has 4 rings (SSSR count). The highest BCUT2D eigenvalue weighted by Gasteiger charge is 2.38. The molecule has 7 heteroatoms. The molecule has 1 saturated carbocycles. The van der Waals surface area contributed by atoms with E-state index >= 15 is 0 Å².